The first-order valence-corrected chi connectivity index (χ1v) is 8.21. The summed E-state index contributed by atoms with van der Waals surface area (Å²) >= 11 is 3.21. The van der Waals surface area contributed by atoms with Crippen molar-refractivity contribution in [1.82, 2.24) is 9.88 Å². The first-order chi connectivity index (χ1) is 8.48. The SMILES string of the molecule is O=C(c1ccnc(Br)c1)N1CCCS(=O)(=O)CC1. The Hall–Kier alpha value is -0.950. The third kappa shape index (κ3) is 3.29. The van der Waals surface area contributed by atoms with Gasteiger partial charge in [0.25, 0.3) is 5.91 Å². The summed E-state index contributed by atoms with van der Waals surface area (Å²) in [7, 11) is -2.99. The van der Waals surface area contributed by atoms with E-state index in [1.54, 1.807) is 23.2 Å². The Morgan fingerprint density at radius 1 is 1.33 bits per heavy atom. The van der Waals surface area contributed by atoms with Gasteiger partial charge in [0.1, 0.15) is 4.60 Å². The fourth-order valence-electron chi connectivity index (χ4n) is 1.86. The van der Waals surface area contributed by atoms with E-state index in [9.17, 15) is 13.2 Å². The molecule has 1 amide bonds. The van der Waals surface area contributed by atoms with Gasteiger partial charge >= 0.3 is 0 Å². The molecule has 0 saturated carbocycles. The minimum Gasteiger partial charge on any atom is -0.338 e. The van der Waals surface area contributed by atoms with Crippen LogP contribution < -0.4 is 0 Å². The van der Waals surface area contributed by atoms with E-state index in [0.717, 1.165) is 0 Å². The van der Waals surface area contributed by atoms with Gasteiger partial charge in [-0.2, -0.15) is 0 Å². The Bertz CT molecular complexity index is 559. The van der Waals surface area contributed by atoms with Crippen LogP contribution in [0.5, 0.6) is 0 Å². The highest BCUT2D eigenvalue weighted by Crippen LogP contribution is 2.13. The van der Waals surface area contributed by atoms with Crippen molar-refractivity contribution in [3.63, 3.8) is 0 Å². The zero-order valence-corrected chi connectivity index (χ0v) is 12.1. The van der Waals surface area contributed by atoms with Crippen LogP contribution in [0.1, 0.15) is 16.8 Å². The molecule has 0 spiro atoms. The minimum absolute atomic E-state index is 0.0466. The summed E-state index contributed by atoms with van der Waals surface area (Å²) in [6, 6.07) is 3.27. The van der Waals surface area contributed by atoms with Crippen LogP contribution in [0.2, 0.25) is 0 Å². The van der Waals surface area contributed by atoms with Gasteiger partial charge in [0.2, 0.25) is 0 Å². The number of aromatic nitrogens is 1. The molecule has 7 heteroatoms. The number of hydrogen-bond acceptors (Lipinski definition) is 4. The second-order valence-corrected chi connectivity index (χ2v) is 7.28. The van der Waals surface area contributed by atoms with E-state index in [4.69, 9.17) is 0 Å². The molecule has 0 aliphatic carbocycles. The van der Waals surface area contributed by atoms with Crippen molar-refractivity contribution in [2.24, 2.45) is 0 Å². The predicted octanol–water partition coefficient (Wildman–Crippen LogP) is 1.10. The van der Waals surface area contributed by atoms with E-state index in [2.05, 4.69) is 20.9 Å². The summed E-state index contributed by atoms with van der Waals surface area (Å²) in [5.41, 5.74) is 0.524. The van der Waals surface area contributed by atoms with Crippen molar-refractivity contribution in [2.75, 3.05) is 24.6 Å². The second kappa shape index (κ2) is 5.36. The van der Waals surface area contributed by atoms with Gasteiger partial charge in [0.15, 0.2) is 9.84 Å². The van der Waals surface area contributed by atoms with Crippen LogP contribution in [-0.4, -0.2) is 48.8 Å². The lowest BCUT2D eigenvalue weighted by Crippen LogP contribution is -2.33. The van der Waals surface area contributed by atoms with E-state index >= 15 is 0 Å². The summed E-state index contributed by atoms with van der Waals surface area (Å²) in [4.78, 5) is 17.7. The molecule has 0 unspecified atom stereocenters. The number of halogens is 1. The van der Waals surface area contributed by atoms with E-state index in [-0.39, 0.29) is 24.0 Å². The molecule has 1 saturated heterocycles. The fourth-order valence-corrected chi connectivity index (χ4v) is 3.50. The highest BCUT2D eigenvalue weighted by molar-refractivity contribution is 9.10. The topological polar surface area (TPSA) is 67.3 Å². The minimum atomic E-state index is -2.99. The maximum atomic E-state index is 12.2. The Balaban J connectivity index is 2.14. The lowest BCUT2D eigenvalue weighted by atomic mass is 10.2. The third-order valence-electron chi connectivity index (χ3n) is 2.82. The molecule has 0 radical (unpaired) electrons. The maximum absolute atomic E-state index is 12.2. The van der Waals surface area contributed by atoms with Crippen LogP contribution in [0.25, 0.3) is 0 Å². The lowest BCUT2D eigenvalue weighted by Gasteiger charge is -2.19. The van der Waals surface area contributed by atoms with Gasteiger partial charge in [0.05, 0.1) is 11.5 Å². The molecular formula is C11H13BrN2O3S. The second-order valence-electron chi connectivity index (χ2n) is 4.16. The van der Waals surface area contributed by atoms with Crippen molar-refractivity contribution in [3.05, 3.63) is 28.5 Å². The van der Waals surface area contributed by atoms with Crippen molar-refractivity contribution >= 4 is 31.7 Å². The van der Waals surface area contributed by atoms with Crippen molar-refractivity contribution in [2.45, 2.75) is 6.42 Å². The first-order valence-electron chi connectivity index (χ1n) is 5.59. The van der Waals surface area contributed by atoms with E-state index in [0.29, 0.717) is 23.1 Å². The molecule has 2 heterocycles. The Morgan fingerprint density at radius 2 is 2.11 bits per heavy atom. The van der Waals surface area contributed by atoms with Gasteiger partial charge in [-0.1, -0.05) is 0 Å². The summed E-state index contributed by atoms with van der Waals surface area (Å²) < 4.78 is 23.5. The van der Waals surface area contributed by atoms with Gasteiger partial charge in [-0.3, -0.25) is 4.79 Å². The predicted molar refractivity (Wildman–Crippen MR) is 71.1 cm³/mol. The number of carbonyl (C=O) groups excluding carboxylic acids is 1. The number of sulfone groups is 1. The van der Waals surface area contributed by atoms with Crippen molar-refractivity contribution in [1.29, 1.82) is 0 Å². The highest BCUT2D eigenvalue weighted by Gasteiger charge is 2.23. The van der Waals surface area contributed by atoms with E-state index in [1.807, 2.05) is 0 Å². The van der Waals surface area contributed by atoms with Crippen LogP contribution in [0.15, 0.2) is 22.9 Å². The van der Waals surface area contributed by atoms with Crippen LogP contribution in [-0.2, 0) is 9.84 Å². The monoisotopic (exact) mass is 332 g/mol. The number of hydrogen-bond donors (Lipinski definition) is 0. The molecule has 1 aromatic heterocycles. The van der Waals surface area contributed by atoms with E-state index in [1.165, 1.54) is 0 Å². The quantitative estimate of drug-likeness (QED) is 0.722. The molecule has 0 atom stereocenters. The van der Waals surface area contributed by atoms with Crippen LogP contribution in [0, 0.1) is 0 Å². The largest absolute Gasteiger partial charge is 0.338 e. The zero-order valence-electron chi connectivity index (χ0n) is 9.67. The lowest BCUT2D eigenvalue weighted by molar-refractivity contribution is 0.0768. The molecule has 0 aromatic carbocycles. The van der Waals surface area contributed by atoms with Crippen molar-refractivity contribution < 1.29 is 13.2 Å². The molecule has 1 aliphatic heterocycles. The summed E-state index contributed by atoms with van der Waals surface area (Å²) in [6.45, 7) is 0.749. The van der Waals surface area contributed by atoms with Gasteiger partial charge in [-0.25, -0.2) is 13.4 Å². The van der Waals surface area contributed by atoms with Gasteiger partial charge in [-0.05, 0) is 34.5 Å². The molecule has 18 heavy (non-hydrogen) atoms. The van der Waals surface area contributed by atoms with Crippen LogP contribution >= 0.6 is 15.9 Å². The molecule has 5 nitrogen and oxygen atoms in total. The van der Waals surface area contributed by atoms with E-state index < -0.39 is 9.84 Å². The fraction of sp³-hybridized carbons (Fsp3) is 0.455. The van der Waals surface area contributed by atoms with Crippen molar-refractivity contribution in [3.8, 4) is 0 Å². The Morgan fingerprint density at radius 3 is 2.83 bits per heavy atom. The van der Waals surface area contributed by atoms with Gasteiger partial charge in [-0.15, -0.1) is 0 Å². The average molecular weight is 333 g/mol. The average Bonchev–Trinajstić information content (AvgIpc) is 2.49. The zero-order chi connectivity index (χ0) is 13.2. The Kier molecular flexibility index (Phi) is 4.01. The summed E-state index contributed by atoms with van der Waals surface area (Å²) in [5, 5.41) is 0. The summed E-state index contributed by atoms with van der Waals surface area (Å²) in [5.74, 6) is 0.0668. The molecule has 1 fully saturated rings. The summed E-state index contributed by atoms with van der Waals surface area (Å²) in [6.07, 6.45) is 2.05. The van der Waals surface area contributed by atoms with Crippen LogP contribution in [0.3, 0.4) is 0 Å². The number of pyridine rings is 1. The van der Waals surface area contributed by atoms with Crippen LogP contribution in [0.4, 0.5) is 0 Å². The first kappa shape index (κ1) is 13.5. The molecule has 1 aromatic rings. The van der Waals surface area contributed by atoms with Gasteiger partial charge < -0.3 is 4.90 Å². The molecule has 0 N–H and O–H groups in total. The maximum Gasteiger partial charge on any atom is 0.254 e. The molecule has 0 bridgehead atoms. The smallest absolute Gasteiger partial charge is 0.254 e. The third-order valence-corrected chi connectivity index (χ3v) is 4.97. The molecular weight excluding hydrogens is 320 g/mol. The highest BCUT2D eigenvalue weighted by atomic mass is 79.9. The molecule has 2 rings (SSSR count). The standard InChI is InChI=1S/C11H13BrN2O3S/c12-10-8-9(2-3-13-10)11(15)14-4-1-6-18(16,17)7-5-14/h2-3,8H,1,4-7H2. The number of amides is 1. The van der Waals surface area contributed by atoms with Gasteiger partial charge in [0, 0.05) is 24.8 Å². The normalized spacial score (nSPS) is 19.3. The molecule has 98 valence electrons. The number of nitrogens with zero attached hydrogens (tertiary/aromatic N) is 2. The Labute approximate surface area is 114 Å². The number of carbonyl (C=O) groups is 1. The number of rotatable bonds is 1. The molecule has 1 aliphatic rings.